The number of hydrogen-bond acceptors (Lipinski definition) is 4. The second-order valence-corrected chi connectivity index (χ2v) is 8.80. The summed E-state index contributed by atoms with van der Waals surface area (Å²) in [7, 11) is -3.77. The van der Waals surface area contributed by atoms with Gasteiger partial charge in [-0.05, 0) is 54.4 Å². The summed E-state index contributed by atoms with van der Waals surface area (Å²) in [5, 5.41) is 2.95. The minimum atomic E-state index is -3.77. The highest BCUT2D eigenvalue weighted by atomic mass is 35.5. The van der Waals surface area contributed by atoms with Crippen LogP contribution in [0.15, 0.2) is 77.7 Å². The van der Waals surface area contributed by atoms with E-state index in [4.69, 9.17) is 16.3 Å². The Labute approximate surface area is 187 Å². The lowest BCUT2D eigenvalue weighted by molar-refractivity contribution is 0.0947. The molecule has 0 spiro atoms. The van der Waals surface area contributed by atoms with Crippen molar-refractivity contribution in [3.05, 3.63) is 88.9 Å². The lowest BCUT2D eigenvalue weighted by Crippen LogP contribution is -2.28. The van der Waals surface area contributed by atoms with E-state index in [2.05, 4.69) is 17.0 Å². The summed E-state index contributed by atoms with van der Waals surface area (Å²) in [5.41, 5.74) is 1.63. The number of amides is 1. The molecular weight excluding hydrogens is 436 g/mol. The summed E-state index contributed by atoms with van der Waals surface area (Å²) in [5.74, 6) is 0.303. The fourth-order valence-electron chi connectivity index (χ4n) is 2.83. The maximum Gasteiger partial charge on any atom is 0.261 e. The number of anilines is 1. The first-order valence-corrected chi connectivity index (χ1v) is 11.6. The third kappa shape index (κ3) is 6.23. The fraction of sp³-hybridized carbons (Fsp3) is 0.174. The van der Waals surface area contributed by atoms with Gasteiger partial charge in [0.1, 0.15) is 12.4 Å². The van der Waals surface area contributed by atoms with Gasteiger partial charge in [-0.1, -0.05) is 48.9 Å². The van der Waals surface area contributed by atoms with Crippen LogP contribution in [0.5, 0.6) is 5.75 Å². The molecule has 31 heavy (non-hydrogen) atoms. The zero-order valence-electron chi connectivity index (χ0n) is 17.0. The Morgan fingerprint density at radius 3 is 2.39 bits per heavy atom. The molecule has 3 rings (SSSR count). The van der Waals surface area contributed by atoms with Gasteiger partial charge in [-0.25, -0.2) is 8.42 Å². The molecule has 0 aliphatic heterocycles. The molecule has 3 aromatic rings. The molecule has 0 bridgehead atoms. The third-order valence-corrected chi connectivity index (χ3v) is 6.23. The van der Waals surface area contributed by atoms with E-state index < -0.39 is 15.9 Å². The van der Waals surface area contributed by atoms with Crippen LogP contribution in [0, 0.1) is 0 Å². The van der Waals surface area contributed by atoms with Crippen LogP contribution in [-0.4, -0.2) is 27.5 Å². The van der Waals surface area contributed by atoms with Gasteiger partial charge in [0.15, 0.2) is 0 Å². The Morgan fingerprint density at radius 2 is 1.71 bits per heavy atom. The monoisotopic (exact) mass is 458 g/mol. The fourth-order valence-corrected chi connectivity index (χ4v) is 4.10. The van der Waals surface area contributed by atoms with Crippen LogP contribution in [-0.2, 0) is 16.4 Å². The van der Waals surface area contributed by atoms with Crippen molar-refractivity contribution in [1.82, 2.24) is 5.32 Å². The van der Waals surface area contributed by atoms with Gasteiger partial charge in [0.2, 0.25) is 0 Å². The number of ether oxygens (including phenoxy) is 1. The molecule has 3 aromatic carbocycles. The van der Waals surface area contributed by atoms with Crippen LogP contribution in [0.3, 0.4) is 0 Å². The summed E-state index contributed by atoms with van der Waals surface area (Å²) >= 11 is 6.15. The van der Waals surface area contributed by atoms with Crippen LogP contribution in [0.2, 0.25) is 5.02 Å². The molecule has 8 heteroatoms. The Morgan fingerprint density at radius 1 is 1.00 bits per heavy atom. The molecule has 1 amide bonds. The summed E-state index contributed by atoms with van der Waals surface area (Å²) in [4.78, 5) is 12.6. The predicted octanol–water partition coefficient (Wildman–Crippen LogP) is 4.51. The SMILES string of the molecule is CCc1ccc(OCCNC(=O)c2cc(NS(=O)(=O)c3ccccc3)ccc2Cl)cc1. The van der Waals surface area contributed by atoms with Crippen molar-refractivity contribution in [3.8, 4) is 5.75 Å². The smallest absolute Gasteiger partial charge is 0.261 e. The van der Waals surface area contributed by atoms with E-state index in [1.165, 1.54) is 35.9 Å². The number of sulfonamides is 1. The zero-order chi connectivity index (χ0) is 22.3. The third-order valence-electron chi connectivity index (χ3n) is 4.50. The average Bonchev–Trinajstić information content (AvgIpc) is 2.78. The van der Waals surface area contributed by atoms with Gasteiger partial charge in [-0.15, -0.1) is 0 Å². The highest BCUT2D eigenvalue weighted by Crippen LogP contribution is 2.23. The van der Waals surface area contributed by atoms with E-state index in [1.807, 2.05) is 24.3 Å². The maximum absolute atomic E-state index is 12.5. The topological polar surface area (TPSA) is 84.5 Å². The normalized spacial score (nSPS) is 11.0. The largest absolute Gasteiger partial charge is 0.492 e. The van der Waals surface area contributed by atoms with E-state index in [-0.39, 0.29) is 34.3 Å². The van der Waals surface area contributed by atoms with Crippen LogP contribution in [0.1, 0.15) is 22.8 Å². The molecule has 0 aromatic heterocycles. The van der Waals surface area contributed by atoms with Crippen molar-refractivity contribution < 1.29 is 17.9 Å². The molecule has 0 fully saturated rings. The molecular formula is C23H23ClN2O4S. The number of hydrogen-bond donors (Lipinski definition) is 2. The minimum Gasteiger partial charge on any atom is -0.492 e. The Balaban J connectivity index is 1.59. The van der Waals surface area contributed by atoms with Gasteiger partial charge in [0.05, 0.1) is 22.0 Å². The number of nitrogens with one attached hydrogen (secondary N) is 2. The maximum atomic E-state index is 12.5. The molecule has 162 valence electrons. The van der Waals surface area contributed by atoms with Crippen LogP contribution in [0.25, 0.3) is 0 Å². The first-order valence-electron chi connectivity index (χ1n) is 9.76. The Hall–Kier alpha value is -3.03. The second-order valence-electron chi connectivity index (χ2n) is 6.72. The highest BCUT2D eigenvalue weighted by molar-refractivity contribution is 7.92. The number of halogens is 1. The standard InChI is InChI=1S/C23H23ClN2O4S/c1-2-17-8-11-19(12-9-17)30-15-14-25-23(27)21-16-18(10-13-22(21)24)26-31(28,29)20-6-4-3-5-7-20/h3-13,16,26H,2,14-15H2,1H3,(H,25,27). The molecule has 0 aliphatic rings. The van der Waals surface area contributed by atoms with Gasteiger partial charge in [-0.2, -0.15) is 0 Å². The van der Waals surface area contributed by atoms with E-state index in [0.717, 1.165) is 12.2 Å². The Kier molecular flexibility index (Phi) is 7.55. The van der Waals surface area contributed by atoms with Crippen molar-refractivity contribution in [2.24, 2.45) is 0 Å². The van der Waals surface area contributed by atoms with Crippen molar-refractivity contribution >= 4 is 33.2 Å². The van der Waals surface area contributed by atoms with E-state index in [9.17, 15) is 13.2 Å². The van der Waals surface area contributed by atoms with Crippen molar-refractivity contribution in [3.63, 3.8) is 0 Å². The van der Waals surface area contributed by atoms with E-state index >= 15 is 0 Å². The summed E-state index contributed by atoms with van der Waals surface area (Å²) in [6.45, 7) is 2.64. The molecule has 0 atom stereocenters. The van der Waals surface area contributed by atoms with E-state index in [1.54, 1.807) is 18.2 Å². The number of benzene rings is 3. The summed E-state index contributed by atoms with van der Waals surface area (Å²) < 4.78 is 33.1. The van der Waals surface area contributed by atoms with Crippen molar-refractivity contribution in [1.29, 1.82) is 0 Å². The molecule has 2 N–H and O–H groups in total. The molecule has 0 saturated carbocycles. The minimum absolute atomic E-state index is 0.125. The van der Waals surface area contributed by atoms with Crippen LogP contribution < -0.4 is 14.8 Å². The predicted molar refractivity (Wildman–Crippen MR) is 122 cm³/mol. The molecule has 0 saturated heterocycles. The average molecular weight is 459 g/mol. The van der Waals surface area contributed by atoms with Gasteiger partial charge in [0, 0.05) is 5.69 Å². The van der Waals surface area contributed by atoms with Crippen LogP contribution >= 0.6 is 11.6 Å². The second kappa shape index (κ2) is 10.3. The van der Waals surface area contributed by atoms with E-state index in [0.29, 0.717) is 0 Å². The van der Waals surface area contributed by atoms with Crippen LogP contribution in [0.4, 0.5) is 5.69 Å². The highest BCUT2D eigenvalue weighted by Gasteiger charge is 2.16. The number of carbonyl (C=O) groups excluding carboxylic acids is 1. The summed E-state index contributed by atoms with van der Waals surface area (Å²) in [6, 6.07) is 20.1. The van der Waals surface area contributed by atoms with Crippen molar-refractivity contribution in [2.45, 2.75) is 18.2 Å². The molecule has 0 radical (unpaired) electrons. The molecule has 6 nitrogen and oxygen atoms in total. The number of rotatable bonds is 9. The lowest BCUT2D eigenvalue weighted by Gasteiger charge is -2.12. The van der Waals surface area contributed by atoms with Gasteiger partial charge in [0.25, 0.3) is 15.9 Å². The van der Waals surface area contributed by atoms with Gasteiger partial charge in [-0.3, -0.25) is 9.52 Å². The van der Waals surface area contributed by atoms with Gasteiger partial charge < -0.3 is 10.1 Å². The Bertz CT molecular complexity index is 1130. The molecule has 0 unspecified atom stereocenters. The number of aryl methyl sites for hydroxylation is 1. The van der Waals surface area contributed by atoms with Gasteiger partial charge >= 0.3 is 0 Å². The first kappa shape index (κ1) is 22.7. The number of carbonyl (C=O) groups is 1. The quantitative estimate of drug-likeness (QED) is 0.462. The first-order chi connectivity index (χ1) is 14.9. The molecule has 0 heterocycles. The molecule has 0 aliphatic carbocycles. The summed E-state index contributed by atoms with van der Waals surface area (Å²) in [6.07, 6.45) is 0.956. The van der Waals surface area contributed by atoms with Crippen molar-refractivity contribution in [2.75, 3.05) is 17.9 Å². The zero-order valence-corrected chi connectivity index (χ0v) is 18.5. The lowest BCUT2D eigenvalue weighted by atomic mass is 10.2.